The molecule has 2 amide bonds. The summed E-state index contributed by atoms with van der Waals surface area (Å²) in [5, 5.41) is 0. The number of amides is 2. The number of ether oxygens (including phenoxy) is 1. The predicted molar refractivity (Wildman–Crippen MR) is 105 cm³/mol. The molecule has 1 aromatic heterocycles. The van der Waals surface area contributed by atoms with Crippen LogP contribution in [0.4, 0.5) is 0 Å². The largest absolute Gasteiger partial charge is 0.451 e. The Bertz CT molecular complexity index is 878. The van der Waals surface area contributed by atoms with Crippen LogP contribution in [-0.2, 0) is 4.74 Å². The van der Waals surface area contributed by atoms with Crippen LogP contribution in [0.15, 0.2) is 53.0 Å². The number of furan rings is 1. The normalized spacial score (nSPS) is 19.2. The van der Waals surface area contributed by atoms with Gasteiger partial charge in [-0.2, -0.15) is 0 Å². The molecule has 0 radical (unpaired) electrons. The van der Waals surface area contributed by atoms with Crippen LogP contribution in [0.2, 0.25) is 0 Å². The lowest BCUT2D eigenvalue weighted by Gasteiger charge is -2.25. The molecule has 4 rings (SSSR count). The summed E-state index contributed by atoms with van der Waals surface area (Å²) in [6.45, 7) is 5.01. The van der Waals surface area contributed by atoms with Crippen molar-refractivity contribution in [1.82, 2.24) is 9.80 Å². The van der Waals surface area contributed by atoms with Gasteiger partial charge in [-0.25, -0.2) is 0 Å². The zero-order valence-electron chi connectivity index (χ0n) is 16.0. The summed E-state index contributed by atoms with van der Waals surface area (Å²) >= 11 is 0. The highest BCUT2D eigenvalue weighted by atomic mass is 16.5. The fourth-order valence-corrected chi connectivity index (χ4v) is 3.63. The van der Waals surface area contributed by atoms with Gasteiger partial charge in [0.2, 0.25) is 0 Å². The molecule has 2 aromatic rings. The molecular weight excluding hydrogens is 356 g/mol. The minimum atomic E-state index is -0.117. The molecule has 6 heteroatoms. The van der Waals surface area contributed by atoms with Crippen molar-refractivity contribution in [2.24, 2.45) is 0 Å². The first kappa shape index (κ1) is 18.5. The summed E-state index contributed by atoms with van der Waals surface area (Å²) in [4.78, 5) is 28.9. The van der Waals surface area contributed by atoms with Crippen molar-refractivity contribution in [3.63, 3.8) is 0 Å². The van der Waals surface area contributed by atoms with Gasteiger partial charge in [-0.3, -0.25) is 9.59 Å². The minimum absolute atomic E-state index is 0.0334. The van der Waals surface area contributed by atoms with Crippen molar-refractivity contribution in [2.45, 2.75) is 19.4 Å². The molecule has 3 heterocycles. The molecule has 1 atom stereocenters. The SMILES string of the molecule is CCC1C=CCN1C(=O)c1ccc(-c2ccc(C(=O)N3CCOCC3)o2)cc1. The third kappa shape index (κ3) is 3.60. The fourth-order valence-electron chi connectivity index (χ4n) is 3.63. The average Bonchev–Trinajstić information content (AvgIpc) is 3.43. The zero-order chi connectivity index (χ0) is 19.5. The number of hydrogen-bond donors (Lipinski definition) is 0. The van der Waals surface area contributed by atoms with E-state index in [-0.39, 0.29) is 17.9 Å². The van der Waals surface area contributed by atoms with E-state index in [9.17, 15) is 9.59 Å². The standard InChI is InChI=1S/C22H24N2O4/c1-2-18-4-3-11-24(18)21(25)17-7-5-16(6-8-17)19-9-10-20(28-19)22(26)23-12-14-27-15-13-23/h3-10,18H,2,11-15H2,1H3. The molecule has 0 spiro atoms. The molecule has 0 aliphatic carbocycles. The Kier molecular flexibility index (Phi) is 5.30. The molecular formula is C22H24N2O4. The highest BCUT2D eigenvalue weighted by molar-refractivity contribution is 5.95. The summed E-state index contributed by atoms with van der Waals surface area (Å²) in [5.41, 5.74) is 1.49. The molecule has 1 fully saturated rings. The zero-order valence-corrected chi connectivity index (χ0v) is 16.0. The van der Waals surface area contributed by atoms with Gasteiger partial charge >= 0.3 is 0 Å². The van der Waals surface area contributed by atoms with Gasteiger partial charge in [0, 0.05) is 30.8 Å². The minimum Gasteiger partial charge on any atom is -0.451 e. The van der Waals surface area contributed by atoms with Crippen LogP contribution >= 0.6 is 0 Å². The van der Waals surface area contributed by atoms with Crippen molar-refractivity contribution in [1.29, 1.82) is 0 Å². The fraction of sp³-hybridized carbons (Fsp3) is 0.364. The van der Waals surface area contributed by atoms with E-state index in [0.717, 1.165) is 12.0 Å². The summed E-state index contributed by atoms with van der Waals surface area (Å²) in [7, 11) is 0. The first-order chi connectivity index (χ1) is 13.7. The first-order valence-electron chi connectivity index (χ1n) is 9.72. The van der Waals surface area contributed by atoms with Crippen molar-refractivity contribution in [2.75, 3.05) is 32.8 Å². The highest BCUT2D eigenvalue weighted by Crippen LogP contribution is 2.25. The van der Waals surface area contributed by atoms with E-state index in [0.29, 0.717) is 49.9 Å². The maximum Gasteiger partial charge on any atom is 0.289 e. The molecule has 1 saturated heterocycles. The molecule has 0 N–H and O–H groups in total. The first-order valence-corrected chi connectivity index (χ1v) is 9.72. The number of benzene rings is 1. The van der Waals surface area contributed by atoms with Crippen LogP contribution in [0.1, 0.15) is 34.3 Å². The average molecular weight is 380 g/mol. The summed E-state index contributed by atoms with van der Waals surface area (Å²) < 4.78 is 11.1. The maximum absolute atomic E-state index is 12.7. The Morgan fingerprint density at radius 3 is 2.50 bits per heavy atom. The van der Waals surface area contributed by atoms with Crippen molar-refractivity contribution in [3.8, 4) is 11.3 Å². The Hall–Kier alpha value is -2.86. The van der Waals surface area contributed by atoms with Gasteiger partial charge in [-0.05, 0) is 30.7 Å². The van der Waals surface area contributed by atoms with Crippen LogP contribution in [-0.4, -0.2) is 60.5 Å². The third-order valence-electron chi connectivity index (χ3n) is 5.27. The number of morpholine rings is 1. The summed E-state index contributed by atoms with van der Waals surface area (Å²) in [5.74, 6) is 0.857. The van der Waals surface area contributed by atoms with E-state index in [1.54, 1.807) is 17.0 Å². The van der Waals surface area contributed by atoms with Crippen molar-refractivity contribution < 1.29 is 18.7 Å². The Morgan fingerprint density at radius 1 is 1.04 bits per heavy atom. The van der Waals surface area contributed by atoms with E-state index < -0.39 is 0 Å². The highest BCUT2D eigenvalue weighted by Gasteiger charge is 2.25. The number of carbonyl (C=O) groups is 2. The van der Waals surface area contributed by atoms with E-state index in [1.165, 1.54) is 0 Å². The van der Waals surface area contributed by atoms with Crippen LogP contribution in [0, 0.1) is 0 Å². The van der Waals surface area contributed by atoms with Gasteiger partial charge in [0.25, 0.3) is 11.8 Å². The maximum atomic E-state index is 12.7. The second-order valence-corrected chi connectivity index (χ2v) is 7.01. The van der Waals surface area contributed by atoms with Crippen molar-refractivity contribution in [3.05, 3.63) is 59.9 Å². The third-order valence-corrected chi connectivity index (χ3v) is 5.27. The van der Waals surface area contributed by atoms with Crippen molar-refractivity contribution >= 4 is 11.8 Å². The molecule has 28 heavy (non-hydrogen) atoms. The number of nitrogens with zero attached hydrogens (tertiary/aromatic N) is 2. The smallest absolute Gasteiger partial charge is 0.289 e. The van der Waals surface area contributed by atoms with Gasteiger partial charge in [-0.1, -0.05) is 31.2 Å². The molecule has 2 aliphatic heterocycles. The molecule has 1 aromatic carbocycles. The van der Waals surface area contributed by atoms with Gasteiger partial charge < -0.3 is 19.0 Å². The van der Waals surface area contributed by atoms with Gasteiger partial charge in [-0.15, -0.1) is 0 Å². The molecule has 0 bridgehead atoms. The lowest BCUT2D eigenvalue weighted by molar-refractivity contribution is 0.0283. The number of hydrogen-bond acceptors (Lipinski definition) is 4. The lowest BCUT2D eigenvalue weighted by atomic mass is 10.1. The van der Waals surface area contributed by atoms with E-state index in [4.69, 9.17) is 9.15 Å². The molecule has 146 valence electrons. The van der Waals surface area contributed by atoms with Gasteiger partial charge in [0.1, 0.15) is 5.76 Å². The molecule has 0 saturated carbocycles. The van der Waals surface area contributed by atoms with E-state index in [2.05, 4.69) is 13.0 Å². The molecule has 1 unspecified atom stereocenters. The second-order valence-electron chi connectivity index (χ2n) is 7.01. The summed E-state index contributed by atoms with van der Waals surface area (Å²) in [6.07, 6.45) is 5.03. The molecule has 2 aliphatic rings. The van der Waals surface area contributed by atoms with Crippen LogP contribution in [0.5, 0.6) is 0 Å². The van der Waals surface area contributed by atoms with Crippen LogP contribution in [0.25, 0.3) is 11.3 Å². The molecule has 6 nitrogen and oxygen atoms in total. The number of rotatable bonds is 4. The Labute approximate surface area is 164 Å². The second kappa shape index (κ2) is 8.02. The summed E-state index contributed by atoms with van der Waals surface area (Å²) in [6, 6.07) is 11.0. The van der Waals surface area contributed by atoms with E-state index >= 15 is 0 Å². The van der Waals surface area contributed by atoms with E-state index in [1.807, 2.05) is 35.2 Å². The van der Waals surface area contributed by atoms with Gasteiger partial charge in [0.05, 0.1) is 19.3 Å². The van der Waals surface area contributed by atoms with Crippen LogP contribution < -0.4 is 0 Å². The predicted octanol–water partition coefficient (Wildman–Crippen LogP) is 3.21. The van der Waals surface area contributed by atoms with Crippen LogP contribution in [0.3, 0.4) is 0 Å². The lowest BCUT2D eigenvalue weighted by Crippen LogP contribution is -2.40. The monoisotopic (exact) mass is 380 g/mol. The quantitative estimate of drug-likeness (QED) is 0.764. The van der Waals surface area contributed by atoms with Gasteiger partial charge in [0.15, 0.2) is 5.76 Å². The Morgan fingerprint density at radius 2 is 1.79 bits per heavy atom. The topological polar surface area (TPSA) is 63.0 Å². The Balaban J connectivity index is 1.46. The number of carbonyl (C=O) groups excluding carboxylic acids is 2.